The molecule has 2 aliphatic carbocycles. The number of aldehydes is 1. The SMILES string of the molecule is CC1=CCC[C@H]2[C@](C)(CC/C(C)=C/CO)[C@@H](C=O)CC[C@]12C. The van der Waals surface area contributed by atoms with E-state index in [-0.39, 0.29) is 23.4 Å². The lowest BCUT2D eigenvalue weighted by Gasteiger charge is -2.57. The Morgan fingerprint density at radius 3 is 2.77 bits per heavy atom. The van der Waals surface area contributed by atoms with Gasteiger partial charge in [0.05, 0.1) is 6.61 Å². The number of fused-ring (bicyclic) bond motifs is 1. The third-order valence-electron chi connectivity index (χ3n) is 6.86. The molecule has 1 fully saturated rings. The molecule has 2 heteroatoms. The second-order valence-electron chi connectivity index (χ2n) is 7.95. The van der Waals surface area contributed by atoms with Crippen molar-refractivity contribution in [2.24, 2.45) is 22.7 Å². The van der Waals surface area contributed by atoms with Crippen LogP contribution in [-0.4, -0.2) is 18.0 Å². The van der Waals surface area contributed by atoms with Crippen molar-refractivity contribution in [2.45, 2.75) is 66.2 Å². The number of allylic oxidation sites excluding steroid dienone is 3. The van der Waals surface area contributed by atoms with Gasteiger partial charge in [-0.05, 0) is 69.1 Å². The quantitative estimate of drug-likeness (QED) is 0.591. The highest BCUT2D eigenvalue weighted by Gasteiger charge is 2.54. The smallest absolute Gasteiger partial charge is 0.123 e. The van der Waals surface area contributed by atoms with Gasteiger partial charge in [-0.2, -0.15) is 0 Å². The summed E-state index contributed by atoms with van der Waals surface area (Å²) in [6.45, 7) is 9.24. The summed E-state index contributed by atoms with van der Waals surface area (Å²) < 4.78 is 0. The Labute approximate surface area is 135 Å². The van der Waals surface area contributed by atoms with E-state index in [0.29, 0.717) is 5.92 Å². The van der Waals surface area contributed by atoms with Crippen LogP contribution in [0.1, 0.15) is 66.2 Å². The molecule has 0 bridgehead atoms. The van der Waals surface area contributed by atoms with E-state index in [4.69, 9.17) is 5.11 Å². The summed E-state index contributed by atoms with van der Waals surface area (Å²) in [5, 5.41) is 9.06. The molecular formula is C20H32O2. The molecule has 0 aromatic rings. The zero-order valence-corrected chi connectivity index (χ0v) is 14.7. The number of hydrogen-bond acceptors (Lipinski definition) is 2. The van der Waals surface area contributed by atoms with Crippen LogP contribution in [0.15, 0.2) is 23.3 Å². The molecule has 2 nitrogen and oxygen atoms in total. The Hall–Kier alpha value is -0.890. The molecule has 1 saturated carbocycles. The van der Waals surface area contributed by atoms with Crippen LogP contribution in [0.3, 0.4) is 0 Å². The molecule has 1 N–H and O–H groups in total. The minimum atomic E-state index is 0.0782. The molecule has 0 heterocycles. The van der Waals surface area contributed by atoms with Crippen molar-refractivity contribution >= 4 is 6.29 Å². The summed E-state index contributed by atoms with van der Waals surface area (Å²) in [6.07, 6.45) is 12.1. The van der Waals surface area contributed by atoms with Crippen molar-refractivity contribution in [1.29, 1.82) is 0 Å². The van der Waals surface area contributed by atoms with Crippen molar-refractivity contribution in [3.05, 3.63) is 23.3 Å². The lowest BCUT2D eigenvalue weighted by Crippen LogP contribution is -2.50. The highest BCUT2D eigenvalue weighted by atomic mass is 16.2. The average molecular weight is 304 g/mol. The molecule has 0 aromatic heterocycles. The molecule has 0 radical (unpaired) electrons. The van der Waals surface area contributed by atoms with E-state index in [1.165, 1.54) is 23.9 Å². The summed E-state index contributed by atoms with van der Waals surface area (Å²) in [6, 6.07) is 0. The van der Waals surface area contributed by atoms with Crippen LogP contribution in [0.2, 0.25) is 0 Å². The molecule has 0 aromatic carbocycles. The van der Waals surface area contributed by atoms with Gasteiger partial charge in [-0.3, -0.25) is 0 Å². The molecule has 124 valence electrons. The topological polar surface area (TPSA) is 37.3 Å². The maximum absolute atomic E-state index is 11.7. The van der Waals surface area contributed by atoms with E-state index >= 15 is 0 Å². The molecule has 0 amide bonds. The summed E-state index contributed by atoms with van der Waals surface area (Å²) in [4.78, 5) is 11.7. The first kappa shape index (κ1) is 17.5. The van der Waals surface area contributed by atoms with Gasteiger partial charge in [0.25, 0.3) is 0 Å². The summed E-state index contributed by atoms with van der Waals surface area (Å²) >= 11 is 0. The van der Waals surface area contributed by atoms with Crippen LogP contribution in [0, 0.1) is 22.7 Å². The zero-order valence-electron chi connectivity index (χ0n) is 14.7. The van der Waals surface area contributed by atoms with E-state index in [1.54, 1.807) is 0 Å². The van der Waals surface area contributed by atoms with Crippen LogP contribution < -0.4 is 0 Å². The number of carbonyl (C=O) groups excluding carboxylic acids is 1. The van der Waals surface area contributed by atoms with Gasteiger partial charge in [-0.15, -0.1) is 0 Å². The van der Waals surface area contributed by atoms with Crippen molar-refractivity contribution in [3.8, 4) is 0 Å². The standard InChI is InChI=1S/C20H32O2/c1-15(10-13-21)8-11-20(4)17(14-22)9-12-19(3)16(2)6-5-7-18(19)20/h6,10,14,17-18,21H,5,7-9,11-13H2,1-4H3/b15-10+/t17-,18-,19-,20-/m1/s1. The maximum Gasteiger partial charge on any atom is 0.123 e. The Morgan fingerprint density at radius 2 is 2.14 bits per heavy atom. The Morgan fingerprint density at radius 1 is 1.41 bits per heavy atom. The van der Waals surface area contributed by atoms with Gasteiger partial charge < -0.3 is 9.90 Å². The van der Waals surface area contributed by atoms with Gasteiger partial charge in [0, 0.05) is 5.92 Å². The molecule has 0 aliphatic heterocycles. The van der Waals surface area contributed by atoms with E-state index in [0.717, 1.165) is 32.1 Å². The monoisotopic (exact) mass is 304 g/mol. The number of aliphatic hydroxyl groups excluding tert-OH is 1. The van der Waals surface area contributed by atoms with Crippen molar-refractivity contribution in [1.82, 2.24) is 0 Å². The fourth-order valence-corrected chi connectivity index (χ4v) is 5.07. The van der Waals surface area contributed by atoms with Crippen LogP contribution >= 0.6 is 0 Å². The lowest BCUT2D eigenvalue weighted by molar-refractivity contribution is -0.124. The fraction of sp³-hybridized carbons (Fsp3) is 0.750. The third-order valence-corrected chi connectivity index (χ3v) is 6.86. The molecule has 0 unspecified atom stereocenters. The Balaban J connectivity index is 2.29. The van der Waals surface area contributed by atoms with Gasteiger partial charge in [0.15, 0.2) is 0 Å². The van der Waals surface area contributed by atoms with Gasteiger partial charge in [-0.1, -0.05) is 37.1 Å². The van der Waals surface area contributed by atoms with Crippen molar-refractivity contribution in [2.75, 3.05) is 6.61 Å². The average Bonchev–Trinajstić information content (AvgIpc) is 2.48. The fourth-order valence-electron chi connectivity index (χ4n) is 5.07. The lowest BCUT2D eigenvalue weighted by atomic mass is 9.47. The third kappa shape index (κ3) is 2.95. The molecule has 0 saturated heterocycles. The summed E-state index contributed by atoms with van der Waals surface area (Å²) in [5.41, 5.74) is 3.11. The normalized spacial score (nSPS) is 39.1. The van der Waals surface area contributed by atoms with Gasteiger partial charge in [0.1, 0.15) is 6.29 Å². The van der Waals surface area contributed by atoms with Crippen LogP contribution in [0.25, 0.3) is 0 Å². The maximum atomic E-state index is 11.7. The van der Waals surface area contributed by atoms with Crippen LogP contribution in [0.5, 0.6) is 0 Å². The Bertz CT molecular complexity index is 476. The number of aliphatic hydroxyl groups is 1. The molecule has 0 spiro atoms. The van der Waals surface area contributed by atoms with Crippen molar-refractivity contribution < 1.29 is 9.90 Å². The first-order chi connectivity index (χ1) is 10.4. The summed E-state index contributed by atoms with van der Waals surface area (Å²) in [5.74, 6) is 0.772. The van der Waals surface area contributed by atoms with Crippen molar-refractivity contribution in [3.63, 3.8) is 0 Å². The van der Waals surface area contributed by atoms with E-state index < -0.39 is 0 Å². The minimum absolute atomic E-state index is 0.0782. The van der Waals surface area contributed by atoms with E-state index in [9.17, 15) is 4.79 Å². The highest BCUT2D eigenvalue weighted by Crippen LogP contribution is 2.61. The van der Waals surface area contributed by atoms with Crippen LogP contribution in [0.4, 0.5) is 0 Å². The van der Waals surface area contributed by atoms with Crippen LogP contribution in [-0.2, 0) is 4.79 Å². The molecular weight excluding hydrogens is 272 g/mol. The minimum Gasteiger partial charge on any atom is -0.392 e. The van der Waals surface area contributed by atoms with Gasteiger partial charge in [0.2, 0.25) is 0 Å². The molecule has 2 rings (SSSR count). The van der Waals surface area contributed by atoms with Gasteiger partial charge >= 0.3 is 0 Å². The molecule has 22 heavy (non-hydrogen) atoms. The predicted octanol–water partition coefficient (Wildman–Crippen LogP) is 4.68. The first-order valence-electron chi connectivity index (χ1n) is 8.77. The number of carbonyl (C=O) groups is 1. The van der Waals surface area contributed by atoms with E-state index in [2.05, 4.69) is 33.8 Å². The Kier molecular flexibility index (Phi) is 5.32. The number of rotatable bonds is 5. The van der Waals surface area contributed by atoms with E-state index in [1.807, 2.05) is 6.08 Å². The first-order valence-corrected chi connectivity index (χ1v) is 8.77. The molecule has 4 atom stereocenters. The predicted molar refractivity (Wildman–Crippen MR) is 91.6 cm³/mol. The zero-order chi connectivity index (χ0) is 16.4. The second kappa shape index (κ2) is 6.70. The highest BCUT2D eigenvalue weighted by molar-refractivity contribution is 5.56. The molecule has 2 aliphatic rings. The second-order valence-corrected chi connectivity index (χ2v) is 7.95. The number of hydrogen-bond donors (Lipinski definition) is 1. The van der Waals surface area contributed by atoms with Gasteiger partial charge in [-0.25, -0.2) is 0 Å². The summed E-state index contributed by atoms with van der Waals surface area (Å²) in [7, 11) is 0. The largest absolute Gasteiger partial charge is 0.392 e.